The maximum absolute atomic E-state index is 6.19. The van der Waals surface area contributed by atoms with E-state index in [9.17, 15) is 0 Å². The van der Waals surface area contributed by atoms with Gasteiger partial charge in [-0.05, 0) is 70.0 Å². The third-order valence-corrected chi connectivity index (χ3v) is 8.66. The van der Waals surface area contributed by atoms with Crippen LogP contribution in [0.1, 0.15) is 47.5 Å². The molecule has 0 aliphatic rings. The average molecular weight is 368 g/mol. The topological polar surface area (TPSA) is 9.23 Å². The molecule has 0 heterocycles. The first-order valence-electron chi connectivity index (χ1n) is 6.52. The predicted octanol–water partition coefficient (Wildman–Crippen LogP) is 5.76. The van der Waals surface area contributed by atoms with Crippen molar-refractivity contribution < 1.29 is 4.43 Å². The van der Waals surface area contributed by atoms with Crippen LogP contribution in [0.4, 0.5) is 0 Å². The van der Waals surface area contributed by atoms with Gasteiger partial charge in [0.05, 0.1) is 0 Å². The molecule has 0 radical (unpaired) electrons. The fourth-order valence-electron chi connectivity index (χ4n) is 1.21. The van der Waals surface area contributed by atoms with Crippen molar-refractivity contribution in [1.29, 1.82) is 0 Å². The summed E-state index contributed by atoms with van der Waals surface area (Å²) in [6.07, 6.45) is 4.67. The van der Waals surface area contributed by atoms with Gasteiger partial charge in [0.15, 0.2) is 8.32 Å². The zero-order chi connectivity index (χ0) is 13.7. The van der Waals surface area contributed by atoms with Gasteiger partial charge in [-0.1, -0.05) is 33.8 Å². The van der Waals surface area contributed by atoms with E-state index in [1.165, 1.54) is 16.4 Å². The minimum atomic E-state index is -1.53. The summed E-state index contributed by atoms with van der Waals surface area (Å²) >= 11 is 2.37. The molecule has 1 nitrogen and oxygen atoms in total. The van der Waals surface area contributed by atoms with E-state index in [1.54, 1.807) is 0 Å². The Morgan fingerprint density at radius 1 is 1.35 bits per heavy atom. The van der Waals surface area contributed by atoms with Gasteiger partial charge in [0.2, 0.25) is 0 Å². The van der Waals surface area contributed by atoms with Crippen molar-refractivity contribution in [1.82, 2.24) is 0 Å². The standard InChI is InChI=1S/C14H29IOSi/c1-12(8-9-13(2)15)10-11-16-17(6,7)14(3,4)5/h9,12H,8,10-11H2,1-7H3/b13-9+/t12-/m1/s1. The Bertz CT molecular complexity index is 249. The number of hydrogen-bond acceptors (Lipinski definition) is 1. The average Bonchev–Trinajstić information content (AvgIpc) is 2.12. The van der Waals surface area contributed by atoms with Crippen LogP contribution < -0.4 is 0 Å². The molecule has 0 N–H and O–H groups in total. The highest BCUT2D eigenvalue weighted by molar-refractivity contribution is 14.1. The zero-order valence-corrected chi connectivity index (χ0v) is 15.7. The molecular weight excluding hydrogens is 339 g/mol. The summed E-state index contributed by atoms with van der Waals surface area (Å²) in [6, 6.07) is 0. The SMILES string of the molecule is C/C(I)=C\C[C@@H](C)CCO[Si](C)(C)C(C)(C)C. The quantitative estimate of drug-likeness (QED) is 0.428. The van der Waals surface area contributed by atoms with E-state index in [2.05, 4.69) is 76.4 Å². The van der Waals surface area contributed by atoms with Crippen LogP contribution in [-0.4, -0.2) is 14.9 Å². The van der Waals surface area contributed by atoms with Gasteiger partial charge in [0.1, 0.15) is 0 Å². The lowest BCUT2D eigenvalue weighted by molar-refractivity contribution is 0.260. The van der Waals surface area contributed by atoms with Crippen molar-refractivity contribution in [2.75, 3.05) is 6.61 Å². The first-order valence-corrected chi connectivity index (χ1v) is 10.5. The maximum Gasteiger partial charge on any atom is 0.191 e. The van der Waals surface area contributed by atoms with Crippen molar-refractivity contribution in [2.45, 2.75) is 65.6 Å². The van der Waals surface area contributed by atoms with Crippen LogP contribution in [0, 0.1) is 5.92 Å². The second kappa shape index (κ2) is 7.29. The van der Waals surface area contributed by atoms with Crippen molar-refractivity contribution in [3.63, 3.8) is 0 Å². The van der Waals surface area contributed by atoms with Gasteiger partial charge in [-0.15, -0.1) is 0 Å². The molecule has 0 bridgehead atoms. The predicted molar refractivity (Wildman–Crippen MR) is 89.3 cm³/mol. The fourth-order valence-corrected chi connectivity index (χ4v) is 2.53. The smallest absolute Gasteiger partial charge is 0.191 e. The molecule has 0 rings (SSSR count). The van der Waals surface area contributed by atoms with Gasteiger partial charge < -0.3 is 4.43 Å². The van der Waals surface area contributed by atoms with Crippen LogP contribution in [0.25, 0.3) is 0 Å². The van der Waals surface area contributed by atoms with Gasteiger partial charge in [-0.3, -0.25) is 0 Å². The third kappa shape index (κ3) is 7.62. The molecule has 0 aromatic rings. The Morgan fingerprint density at radius 2 is 1.88 bits per heavy atom. The molecule has 0 amide bonds. The van der Waals surface area contributed by atoms with Crippen LogP contribution in [-0.2, 0) is 4.43 Å². The van der Waals surface area contributed by atoms with Crippen LogP contribution in [0.3, 0.4) is 0 Å². The molecule has 0 saturated carbocycles. The van der Waals surface area contributed by atoms with E-state index < -0.39 is 8.32 Å². The van der Waals surface area contributed by atoms with Gasteiger partial charge in [0, 0.05) is 6.61 Å². The van der Waals surface area contributed by atoms with E-state index in [4.69, 9.17) is 4.43 Å². The molecular formula is C14H29IOSi. The Morgan fingerprint density at radius 3 is 2.29 bits per heavy atom. The highest BCUT2D eigenvalue weighted by atomic mass is 127. The second-order valence-electron chi connectivity index (χ2n) is 6.53. The van der Waals surface area contributed by atoms with E-state index >= 15 is 0 Å². The summed E-state index contributed by atoms with van der Waals surface area (Å²) in [4.78, 5) is 0. The molecule has 0 aromatic carbocycles. The van der Waals surface area contributed by atoms with Gasteiger partial charge >= 0.3 is 0 Å². The van der Waals surface area contributed by atoms with Crippen molar-refractivity contribution in [3.8, 4) is 0 Å². The summed E-state index contributed by atoms with van der Waals surface area (Å²) < 4.78 is 7.58. The minimum absolute atomic E-state index is 0.328. The van der Waals surface area contributed by atoms with E-state index in [1.807, 2.05) is 0 Å². The molecule has 0 saturated heterocycles. The number of rotatable bonds is 6. The molecule has 0 aliphatic carbocycles. The van der Waals surface area contributed by atoms with Crippen LogP contribution >= 0.6 is 22.6 Å². The van der Waals surface area contributed by atoms with Crippen LogP contribution in [0.15, 0.2) is 9.66 Å². The van der Waals surface area contributed by atoms with E-state index in [-0.39, 0.29) is 0 Å². The van der Waals surface area contributed by atoms with Crippen molar-refractivity contribution >= 4 is 30.9 Å². The zero-order valence-electron chi connectivity index (χ0n) is 12.6. The summed E-state index contributed by atoms with van der Waals surface area (Å²) in [5.74, 6) is 0.726. The van der Waals surface area contributed by atoms with E-state index in [0.29, 0.717) is 5.04 Å². The maximum atomic E-state index is 6.19. The van der Waals surface area contributed by atoms with Gasteiger partial charge in [-0.25, -0.2) is 0 Å². The third-order valence-electron chi connectivity index (χ3n) is 3.68. The summed E-state index contributed by atoms with van der Waals surface area (Å²) in [7, 11) is -1.53. The highest BCUT2D eigenvalue weighted by Gasteiger charge is 2.36. The lowest BCUT2D eigenvalue weighted by Crippen LogP contribution is -2.41. The fraction of sp³-hybridized carbons (Fsp3) is 0.857. The minimum Gasteiger partial charge on any atom is -0.417 e. The lowest BCUT2D eigenvalue weighted by Gasteiger charge is -2.36. The summed E-state index contributed by atoms with van der Waals surface area (Å²) in [5.41, 5.74) is 0. The normalized spacial score (nSPS) is 16.1. The number of allylic oxidation sites excluding steroid dienone is 2. The Balaban J connectivity index is 3.96. The molecule has 102 valence electrons. The molecule has 0 unspecified atom stereocenters. The first-order chi connectivity index (χ1) is 7.56. The summed E-state index contributed by atoms with van der Waals surface area (Å²) in [5, 5.41) is 0.328. The van der Waals surface area contributed by atoms with Gasteiger partial charge in [-0.2, -0.15) is 0 Å². The molecule has 3 heteroatoms. The Labute approximate surface area is 123 Å². The van der Waals surface area contributed by atoms with Crippen molar-refractivity contribution in [3.05, 3.63) is 9.66 Å². The molecule has 1 atom stereocenters. The second-order valence-corrected chi connectivity index (χ2v) is 13.0. The van der Waals surface area contributed by atoms with Gasteiger partial charge in [0.25, 0.3) is 0 Å². The summed E-state index contributed by atoms with van der Waals surface area (Å²) in [6.45, 7) is 16.9. The monoisotopic (exact) mass is 368 g/mol. The molecule has 17 heavy (non-hydrogen) atoms. The molecule has 0 spiro atoms. The van der Waals surface area contributed by atoms with E-state index in [0.717, 1.165) is 12.5 Å². The Kier molecular flexibility index (Phi) is 7.57. The molecule has 0 aromatic heterocycles. The molecule has 0 aliphatic heterocycles. The van der Waals surface area contributed by atoms with Crippen LogP contribution in [0.2, 0.25) is 18.1 Å². The largest absolute Gasteiger partial charge is 0.417 e. The lowest BCUT2D eigenvalue weighted by atomic mass is 10.0. The van der Waals surface area contributed by atoms with Crippen molar-refractivity contribution in [2.24, 2.45) is 5.92 Å². The molecule has 0 fully saturated rings. The Hall–Kier alpha value is 0.647. The highest BCUT2D eigenvalue weighted by Crippen LogP contribution is 2.36. The number of halogens is 1. The number of hydrogen-bond donors (Lipinski definition) is 0. The first kappa shape index (κ1) is 17.6. The van der Waals surface area contributed by atoms with Crippen LogP contribution in [0.5, 0.6) is 0 Å².